The molecule has 0 aliphatic heterocycles. The van der Waals surface area contributed by atoms with Crippen LogP contribution in [0, 0.1) is 0 Å². The molecule has 0 unspecified atom stereocenters. The van der Waals surface area contributed by atoms with Crippen molar-refractivity contribution < 1.29 is 37.0 Å². The molecule has 0 saturated heterocycles. The monoisotopic (exact) mass is 634 g/mol. The highest BCUT2D eigenvalue weighted by Gasteiger charge is 2.31. The van der Waals surface area contributed by atoms with Crippen LogP contribution >= 0.6 is 0 Å². The predicted molar refractivity (Wildman–Crippen MR) is 169 cm³/mol. The lowest BCUT2D eigenvalue weighted by Crippen LogP contribution is -2.25. The first kappa shape index (κ1) is 33.9. The van der Waals surface area contributed by atoms with E-state index in [-0.39, 0.29) is 23.1 Å². The topological polar surface area (TPSA) is 85.9 Å². The van der Waals surface area contributed by atoms with Crippen LogP contribution in [-0.2, 0) is 13.2 Å². The highest BCUT2D eigenvalue weighted by atomic mass is 19.4. The van der Waals surface area contributed by atoms with Gasteiger partial charge in [0, 0.05) is 24.2 Å². The molecule has 4 rings (SSSR count). The molecule has 46 heavy (non-hydrogen) atoms. The van der Waals surface area contributed by atoms with Crippen LogP contribution in [0.4, 0.5) is 13.2 Å². The van der Waals surface area contributed by atoms with Gasteiger partial charge in [-0.2, -0.15) is 0 Å². The summed E-state index contributed by atoms with van der Waals surface area (Å²) in [5, 5.41) is 5.73. The highest BCUT2D eigenvalue weighted by molar-refractivity contribution is 5.95. The van der Waals surface area contributed by atoms with Gasteiger partial charge in [0.25, 0.3) is 11.8 Å². The van der Waals surface area contributed by atoms with Crippen LogP contribution in [0.25, 0.3) is 0 Å². The minimum Gasteiger partial charge on any atom is -0.485 e. The highest BCUT2D eigenvalue weighted by Crippen LogP contribution is 2.30. The van der Waals surface area contributed by atoms with E-state index < -0.39 is 6.36 Å². The molecular formula is C36H37F3N2O5. The number of unbranched alkanes of at least 4 members (excludes halogenated alkanes) is 4. The summed E-state index contributed by atoms with van der Waals surface area (Å²) in [4.78, 5) is 25.1. The number of amides is 2. The second-order valence-corrected chi connectivity index (χ2v) is 10.6. The van der Waals surface area contributed by atoms with Gasteiger partial charge in [0.05, 0.1) is 0 Å². The van der Waals surface area contributed by atoms with Gasteiger partial charge in [-0.1, -0.05) is 79.9 Å². The maximum Gasteiger partial charge on any atom is 0.573 e. The van der Waals surface area contributed by atoms with E-state index in [1.165, 1.54) is 12.1 Å². The first-order chi connectivity index (χ1) is 22.3. The van der Waals surface area contributed by atoms with Crippen LogP contribution in [0.1, 0.15) is 63.9 Å². The molecule has 0 bridgehead atoms. The fourth-order valence-corrected chi connectivity index (χ4v) is 4.55. The lowest BCUT2D eigenvalue weighted by molar-refractivity contribution is -0.274. The molecule has 0 aliphatic rings. The summed E-state index contributed by atoms with van der Waals surface area (Å²) >= 11 is 0. The third-order valence-electron chi connectivity index (χ3n) is 6.95. The first-order valence-electron chi connectivity index (χ1n) is 15.2. The van der Waals surface area contributed by atoms with E-state index in [0.29, 0.717) is 43.4 Å². The summed E-state index contributed by atoms with van der Waals surface area (Å²) in [7, 11) is 0. The Hall–Kier alpha value is -4.99. The molecule has 0 aromatic heterocycles. The fraction of sp³-hybridized carbons (Fsp3) is 0.278. The molecule has 0 spiro atoms. The van der Waals surface area contributed by atoms with E-state index in [2.05, 4.69) is 15.4 Å². The number of rotatable bonds is 17. The van der Waals surface area contributed by atoms with Crippen molar-refractivity contribution in [1.29, 1.82) is 0 Å². The quantitative estimate of drug-likeness (QED) is 0.116. The van der Waals surface area contributed by atoms with Crippen molar-refractivity contribution in [3.63, 3.8) is 0 Å². The standard InChI is InChI=1S/C36H37F3N2O5/c37-36(38,39)46-31-19-16-29(17-20-31)34(42)40-22-10-2-1-3-11-23-41-35(43)30-18-21-32(44-25-27-12-6-4-7-13-27)33(24-30)45-26-28-14-8-5-9-15-28/h4-9,12-21,24H,1-3,10-11,22-23,25-26H2,(H,40,42)(H,41,43). The zero-order valence-corrected chi connectivity index (χ0v) is 25.4. The van der Waals surface area contributed by atoms with Crippen molar-refractivity contribution in [2.45, 2.75) is 51.7 Å². The SMILES string of the molecule is O=C(NCCCCCCCNC(=O)c1ccc(OCc2ccccc2)c(OCc2ccccc2)c1)c1ccc(OC(F)(F)F)cc1. The van der Waals surface area contributed by atoms with Crippen LogP contribution in [0.2, 0.25) is 0 Å². The van der Waals surface area contributed by atoms with E-state index in [4.69, 9.17) is 9.47 Å². The number of nitrogens with one attached hydrogen (secondary N) is 2. The molecule has 242 valence electrons. The zero-order valence-electron chi connectivity index (χ0n) is 25.4. The molecule has 0 atom stereocenters. The van der Waals surface area contributed by atoms with Gasteiger partial charge in [-0.15, -0.1) is 13.2 Å². The van der Waals surface area contributed by atoms with E-state index in [1.807, 2.05) is 60.7 Å². The van der Waals surface area contributed by atoms with Crippen molar-refractivity contribution in [2.75, 3.05) is 13.1 Å². The predicted octanol–water partition coefficient (Wildman–Crippen LogP) is 7.85. The van der Waals surface area contributed by atoms with Crippen LogP contribution < -0.4 is 24.8 Å². The average Bonchev–Trinajstić information content (AvgIpc) is 3.06. The van der Waals surface area contributed by atoms with Gasteiger partial charge in [0.1, 0.15) is 19.0 Å². The molecule has 2 amide bonds. The number of hydrogen-bond acceptors (Lipinski definition) is 5. The molecule has 0 fully saturated rings. The van der Waals surface area contributed by atoms with Gasteiger partial charge in [-0.25, -0.2) is 0 Å². The Morgan fingerprint density at radius 3 is 1.59 bits per heavy atom. The van der Waals surface area contributed by atoms with Crippen LogP contribution in [0.3, 0.4) is 0 Å². The Morgan fingerprint density at radius 2 is 1.04 bits per heavy atom. The number of hydrogen-bond donors (Lipinski definition) is 2. The Balaban J connectivity index is 1.15. The summed E-state index contributed by atoms with van der Waals surface area (Å²) in [6.45, 7) is 1.69. The number of halogens is 3. The van der Waals surface area contributed by atoms with E-state index in [1.54, 1.807) is 18.2 Å². The maximum absolute atomic E-state index is 12.9. The Kier molecular flexibility index (Phi) is 12.9. The molecule has 0 heterocycles. The molecule has 4 aromatic rings. The van der Waals surface area contributed by atoms with Crippen molar-refractivity contribution in [2.24, 2.45) is 0 Å². The molecule has 0 aliphatic carbocycles. The van der Waals surface area contributed by atoms with E-state index >= 15 is 0 Å². The molecule has 0 radical (unpaired) electrons. The fourth-order valence-electron chi connectivity index (χ4n) is 4.55. The first-order valence-corrected chi connectivity index (χ1v) is 15.2. The van der Waals surface area contributed by atoms with Gasteiger partial charge < -0.3 is 24.8 Å². The molecule has 2 N–H and O–H groups in total. The minimum absolute atomic E-state index is 0.195. The number of carbonyl (C=O) groups excluding carboxylic acids is 2. The van der Waals surface area contributed by atoms with Gasteiger partial charge >= 0.3 is 6.36 Å². The van der Waals surface area contributed by atoms with Gasteiger partial charge in [0.15, 0.2) is 11.5 Å². The molecule has 4 aromatic carbocycles. The average molecular weight is 635 g/mol. The summed E-state index contributed by atoms with van der Waals surface area (Å²) in [6.07, 6.45) is -0.480. The van der Waals surface area contributed by atoms with Gasteiger partial charge in [-0.05, 0) is 66.4 Å². The minimum atomic E-state index is -4.78. The third kappa shape index (κ3) is 11.8. The summed E-state index contributed by atoms with van der Waals surface area (Å²) in [5.41, 5.74) is 2.76. The van der Waals surface area contributed by atoms with Crippen molar-refractivity contribution in [3.05, 3.63) is 125 Å². The van der Waals surface area contributed by atoms with Crippen LogP contribution in [0.15, 0.2) is 103 Å². The smallest absolute Gasteiger partial charge is 0.485 e. The summed E-state index contributed by atoms with van der Waals surface area (Å²) < 4.78 is 52.8. The second kappa shape index (κ2) is 17.5. The molecule has 10 heteroatoms. The number of alkyl halides is 3. The van der Waals surface area contributed by atoms with E-state index in [9.17, 15) is 22.8 Å². The molecule has 0 saturated carbocycles. The Labute approximate surface area is 266 Å². The van der Waals surface area contributed by atoms with Crippen molar-refractivity contribution >= 4 is 11.8 Å². The van der Waals surface area contributed by atoms with Crippen LogP contribution in [0.5, 0.6) is 17.2 Å². The molecular weight excluding hydrogens is 597 g/mol. The lowest BCUT2D eigenvalue weighted by atomic mass is 10.1. The number of carbonyl (C=O) groups is 2. The van der Waals surface area contributed by atoms with Gasteiger partial charge in [-0.3, -0.25) is 9.59 Å². The Morgan fingerprint density at radius 1 is 0.565 bits per heavy atom. The van der Waals surface area contributed by atoms with E-state index in [0.717, 1.165) is 55.4 Å². The molecule has 7 nitrogen and oxygen atoms in total. The number of ether oxygens (including phenoxy) is 3. The maximum atomic E-state index is 12.9. The largest absolute Gasteiger partial charge is 0.573 e. The van der Waals surface area contributed by atoms with Crippen molar-refractivity contribution in [3.8, 4) is 17.2 Å². The second-order valence-electron chi connectivity index (χ2n) is 10.6. The summed E-state index contributed by atoms with van der Waals surface area (Å²) in [5.74, 6) is 0.124. The van der Waals surface area contributed by atoms with Gasteiger partial charge in [0.2, 0.25) is 0 Å². The van der Waals surface area contributed by atoms with Crippen molar-refractivity contribution in [1.82, 2.24) is 10.6 Å². The lowest BCUT2D eigenvalue weighted by Gasteiger charge is -2.15. The third-order valence-corrected chi connectivity index (χ3v) is 6.95. The zero-order chi connectivity index (χ0) is 32.6. The number of benzene rings is 4. The summed E-state index contributed by atoms with van der Waals surface area (Å²) in [6, 6.07) is 29.6. The van der Waals surface area contributed by atoms with Crippen LogP contribution in [-0.4, -0.2) is 31.3 Å². The Bertz CT molecular complexity index is 1510. The normalized spacial score (nSPS) is 11.0.